The molecule has 0 radical (unpaired) electrons. The van der Waals surface area contributed by atoms with Crippen molar-refractivity contribution in [1.82, 2.24) is 9.21 Å². The molecule has 1 saturated heterocycles. The lowest BCUT2D eigenvalue weighted by Crippen LogP contribution is -2.50. The van der Waals surface area contributed by atoms with E-state index < -0.39 is 10.0 Å². The third-order valence-electron chi connectivity index (χ3n) is 4.14. The van der Waals surface area contributed by atoms with E-state index in [0.717, 1.165) is 22.5 Å². The Balaban J connectivity index is 1.70. The molecule has 0 N–H and O–H groups in total. The number of hydrogen-bond acceptors (Lipinski definition) is 4. The Morgan fingerprint density at radius 3 is 2.16 bits per heavy atom. The third kappa shape index (κ3) is 3.89. The van der Waals surface area contributed by atoms with Gasteiger partial charge in [0.05, 0.1) is 4.34 Å². The van der Waals surface area contributed by atoms with Crippen LogP contribution in [0.25, 0.3) is 0 Å². The lowest BCUT2D eigenvalue weighted by Gasteiger charge is -2.33. The van der Waals surface area contributed by atoms with Gasteiger partial charge in [0.15, 0.2) is 0 Å². The number of thiophene rings is 1. The van der Waals surface area contributed by atoms with Gasteiger partial charge in [-0.3, -0.25) is 4.79 Å². The number of hydrogen-bond donors (Lipinski definition) is 0. The van der Waals surface area contributed by atoms with E-state index in [4.69, 9.17) is 11.6 Å². The summed E-state index contributed by atoms with van der Waals surface area (Å²) in [4.78, 5) is 14.4. The van der Waals surface area contributed by atoms with Crippen LogP contribution in [0.2, 0.25) is 4.34 Å². The minimum absolute atomic E-state index is 0.0528. The molecule has 5 nitrogen and oxygen atoms in total. The van der Waals surface area contributed by atoms with Crippen molar-refractivity contribution in [3.63, 3.8) is 0 Å². The van der Waals surface area contributed by atoms with Crippen LogP contribution in [0.3, 0.4) is 0 Å². The molecular formula is C17H19ClN2O3S2. The molecule has 0 bridgehead atoms. The van der Waals surface area contributed by atoms with Gasteiger partial charge in [0, 0.05) is 31.7 Å². The minimum atomic E-state index is -3.54. The molecular weight excluding hydrogens is 380 g/mol. The van der Waals surface area contributed by atoms with Crippen LogP contribution in [0.4, 0.5) is 0 Å². The summed E-state index contributed by atoms with van der Waals surface area (Å²) < 4.78 is 27.3. The molecule has 0 spiro atoms. The zero-order valence-corrected chi connectivity index (χ0v) is 16.4. The minimum Gasteiger partial charge on any atom is -0.336 e. The fraction of sp³-hybridized carbons (Fsp3) is 0.353. The largest absolute Gasteiger partial charge is 0.336 e. The third-order valence-corrected chi connectivity index (χ3v) is 7.73. The second-order valence-electron chi connectivity index (χ2n) is 6.13. The number of rotatable bonds is 3. The first kappa shape index (κ1) is 18.4. The SMILES string of the molecule is Cc1cc(C)cc(C(=O)N2CCN(S(=O)(=O)c3ccc(Cl)s3)CC2)c1. The fourth-order valence-corrected chi connectivity index (χ4v) is 6.04. The second-order valence-corrected chi connectivity index (χ2v) is 10.0. The van der Waals surface area contributed by atoms with E-state index in [-0.39, 0.29) is 23.2 Å². The number of carbonyl (C=O) groups is 1. The molecule has 0 atom stereocenters. The maximum atomic E-state index is 12.7. The van der Waals surface area contributed by atoms with E-state index >= 15 is 0 Å². The molecule has 1 fully saturated rings. The molecule has 134 valence electrons. The van der Waals surface area contributed by atoms with Crippen molar-refractivity contribution in [3.8, 4) is 0 Å². The summed E-state index contributed by atoms with van der Waals surface area (Å²) in [5.41, 5.74) is 2.73. The topological polar surface area (TPSA) is 57.7 Å². The molecule has 0 aliphatic carbocycles. The van der Waals surface area contributed by atoms with Gasteiger partial charge in [-0.15, -0.1) is 11.3 Å². The normalized spacial score (nSPS) is 16.2. The van der Waals surface area contributed by atoms with Gasteiger partial charge in [0.2, 0.25) is 0 Å². The van der Waals surface area contributed by atoms with Crippen molar-refractivity contribution >= 4 is 38.9 Å². The van der Waals surface area contributed by atoms with E-state index in [1.807, 2.05) is 32.0 Å². The molecule has 3 rings (SSSR count). The monoisotopic (exact) mass is 398 g/mol. The molecule has 1 aromatic heterocycles. The Hall–Kier alpha value is -1.41. The predicted molar refractivity (Wildman–Crippen MR) is 99.9 cm³/mol. The van der Waals surface area contributed by atoms with Gasteiger partial charge in [-0.05, 0) is 38.1 Å². The maximum absolute atomic E-state index is 12.7. The standard InChI is InChI=1S/C17H19ClN2O3S2/c1-12-9-13(2)11-14(10-12)17(21)19-5-7-20(8-6-19)25(22,23)16-4-3-15(18)24-16/h3-4,9-11H,5-8H2,1-2H3. The van der Waals surface area contributed by atoms with Crippen LogP contribution in [0.15, 0.2) is 34.5 Å². The first-order chi connectivity index (χ1) is 11.8. The lowest BCUT2D eigenvalue weighted by atomic mass is 10.1. The van der Waals surface area contributed by atoms with Crippen LogP contribution in [0.1, 0.15) is 21.5 Å². The number of aryl methyl sites for hydroxylation is 2. The number of amides is 1. The second kappa shape index (κ2) is 7.07. The Labute approximate surface area is 156 Å². The van der Waals surface area contributed by atoms with Crippen LogP contribution >= 0.6 is 22.9 Å². The molecule has 1 aromatic carbocycles. The number of piperazine rings is 1. The summed E-state index contributed by atoms with van der Waals surface area (Å²) in [6.45, 7) is 5.25. The highest BCUT2D eigenvalue weighted by molar-refractivity contribution is 7.91. The van der Waals surface area contributed by atoms with E-state index in [9.17, 15) is 13.2 Å². The Morgan fingerprint density at radius 1 is 1.04 bits per heavy atom. The molecule has 2 aromatic rings. The average molecular weight is 399 g/mol. The Kier molecular flexibility index (Phi) is 5.20. The molecule has 0 unspecified atom stereocenters. The highest BCUT2D eigenvalue weighted by Crippen LogP contribution is 2.28. The quantitative estimate of drug-likeness (QED) is 0.797. The molecule has 1 aliphatic heterocycles. The number of carbonyl (C=O) groups excluding carboxylic acids is 1. The van der Waals surface area contributed by atoms with E-state index in [0.29, 0.717) is 23.0 Å². The van der Waals surface area contributed by atoms with Crippen LogP contribution in [0.5, 0.6) is 0 Å². The highest BCUT2D eigenvalue weighted by Gasteiger charge is 2.31. The van der Waals surface area contributed by atoms with E-state index in [2.05, 4.69) is 0 Å². The number of halogens is 1. The summed E-state index contributed by atoms with van der Waals surface area (Å²) in [6.07, 6.45) is 0. The highest BCUT2D eigenvalue weighted by atomic mass is 35.5. The van der Waals surface area contributed by atoms with Crippen molar-refractivity contribution in [1.29, 1.82) is 0 Å². The predicted octanol–water partition coefficient (Wildman–Crippen LogP) is 3.17. The van der Waals surface area contributed by atoms with Gasteiger partial charge >= 0.3 is 0 Å². The summed E-state index contributed by atoms with van der Waals surface area (Å²) in [6, 6.07) is 8.86. The number of benzene rings is 1. The molecule has 0 saturated carbocycles. The smallest absolute Gasteiger partial charge is 0.253 e. The van der Waals surface area contributed by atoms with Crippen molar-refractivity contribution < 1.29 is 13.2 Å². The van der Waals surface area contributed by atoms with Crippen LogP contribution in [-0.2, 0) is 10.0 Å². The molecule has 1 aliphatic rings. The van der Waals surface area contributed by atoms with Crippen LogP contribution in [0, 0.1) is 13.8 Å². The zero-order chi connectivity index (χ0) is 18.2. The fourth-order valence-electron chi connectivity index (χ4n) is 2.98. The van der Waals surface area contributed by atoms with Gasteiger partial charge in [-0.1, -0.05) is 28.8 Å². The van der Waals surface area contributed by atoms with Gasteiger partial charge in [0.1, 0.15) is 4.21 Å². The Bertz CT molecular complexity index is 880. The van der Waals surface area contributed by atoms with Gasteiger partial charge in [0.25, 0.3) is 15.9 Å². The summed E-state index contributed by atoms with van der Waals surface area (Å²) in [5.74, 6) is -0.0528. The van der Waals surface area contributed by atoms with Gasteiger partial charge in [-0.25, -0.2) is 8.42 Å². The summed E-state index contributed by atoms with van der Waals surface area (Å²) in [5, 5.41) is 0. The summed E-state index contributed by atoms with van der Waals surface area (Å²) >= 11 is 6.90. The van der Waals surface area contributed by atoms with Crippen LogP contribution in [-0.4, -0.2) is 49.7 Å². The van der Waals surface area contributed by atoms with Gasteiger partial charge < -0.3 is 4.90 Å². The van der Waals surface area contributed by atoms with Gasteiger partial charge in [-0.2, -0.15) is 4.31 Å². The number of nitrogens with zero attached hydrogens (tertiary/aromatic N) is 2. The maximum Gasteiger partial charge on any atom is 0.253 e. The van der Waals surface area contributed by atoms with Crippen molar-refractivity contribution in [2.45, 2.75) is 18.1 Å². The van der Waals surface area contributed by atoms with E-state index in [1.54, 1.807) is 11.0 Å². The van der Waals surface area contributed by atoms with Crippen molar-refractivity contribution in [2.75, 3.05) is 26.2 Å². The molecule has 1 amide bonds. The van der Waals surface area contributed by atoms with Crippen molar-refractivity contribution in [3.05, 3.63) is 51.4 Å². The van der Waals surface area contributed by atoms with Crippen molar-refractivity contribution in [2.24, 2.45) is 0 Å². The first-order valence-corrected chi connectivity index (χ1v) is 10.5. The summed E-state index contributed by atoms with van der Waals surface area (Å²) in [7, 11) is -3.54. The van der Waals surface area contributed by atoms with E-state index in [1.165, 1.54) is 10.4 Å². The first-order valence-electron chi connectivity index (χ1n) is 7.90. The molecule has 25 heavy (non-hydrogen) atoms. The number of sulfonamides is 1. The Morgan fingerprint density at radius 2 is 1.64 bits per heavy atom. The molecule has 2 heterocycles. The molecule has 8 heteroatoms. The lowest BCUT2D eigenvalue weighted by molar-refractivity contribution is 0.0698. The average Bonchev–Trinajstić information content (AvgIpc) is 3.01. The van der Waals surface area contributed by atoms with Crippen LogP contribution < -0.4 is 0 Å². The zero-order valence-electron chi connectivity index (χ0n) is 14.0.